The first-order chi connectivity index (χ1) is 8.75. The van der Waals surface area contributed by atoms with Gasteiger partial charge < -0.3 is 5.73 Å². The van der Waals surface area contributed by atoms with Gasteiger partial charge in [0.1, 0.15) is 0 Å². The minimum atomic E-state index is -0.262. The number of benzene rings is 2. The summed E-state index contributed by atoms with van der Waals surface area (Å²) in [6.07, 6.45) is 1.59. The average Bonchev–Trinajstić information content (AvgIpc) is 2.40. The Balaban J connectivity index is 1.96. The second kappa shape index (κ2) is 5.63. The molecular weight excluding hydrogens is 226 g/mol. The summed E-state index contributed by atoms with van der Waals surface area (Å²) in [5.41, 5.74) is 10.1. The number of carbonyl (C=O) groups excluding carboxylic acids is 1. The Labute approximate surface area is 105 Å². The number of hydrogen-bond donors (Lipinski definition) is 2. The molecule has 4 heteroatoms. The monoisotopic (exact) mass is 239 g/mol. The molecular formula is C14H13N3O. The molecule has 0 saturated carbocycles. The van der Waals surface area contributed by atoms with E-state index in [-0.39, 0.29) is 5.91 Å². The van der Waals surface area contributed by atoms with E-state index in [4.69, 9.17) is 5.73 Å². The van der Waals surface area contributed by atoms with Crippen molar-refractivity contribution in [2.45, 2.75) is 0 Å². The minimum absolute atomic E-state index is 0.262. The molecule has 0 aromatic heterocycles. The number of anilines is 1. The Morgan fingerprint density at radius 3 is 2.39 bits per heavy atom. The molecule has 1 amide bonds. The van der Waals surface area contributed by atoms with Crippen LogP contribution in [0.15, 0.2) is 59.7 Å². The smallest absolute Gasteiger partial charge is 0.271 e. The third-order valence-electron chi connectivity index (χ3n) is 2.35. The number of hydrogen-bond acceptors (Lipinski definition) is 3. The molecule has 2 aromatic carbocycles. The zero-order valence-corrected chi connectivity index (χ0v) is 9.71. The summed E-state index contributed by atoms with van der Waals surface area (Å²) < 4.78 is 0. The van der Waals surface area contributed by atoms with Gasteiger partial charge in [-0.05, 0) is 29.8 Å². The van der Waals surface area contributed by atoms with Crippen molar-refractivity contribution >= 4 is 17.8 Å². The first kappa shape index (κ1) is 11.9. The van der Waals surface area contributed by atoms with Crippen molar-refractivity contribution in [2.24, 2.45) is 5.10 Å². The molecule has 18 heavy (non-hydrogen) atoms. The van der Waals surface area contributed by atoms with Gasteiger partial charge in [-0.25, -0.2) is 5.43 Å². The van der Waals surface area contributed by atoms with Crippen molar-refractivity contribution in [3.05, 3.63) is 65.7 Å². The summed E-state index contributed by atoms with van der Waals surface area (Å²) in [5, 5.41) is 3.88. The van der Waals surface area contributed by atoms with E-state index in [9.17, 15) is 4.79 Å². The van der Waals surface area contributed by atoms with Crippen LogP contribution in [-0.2, 0) is 0 Å². The fourth-order valence-electron chi connectivity index (χ4n) is 1.40. The highest BCUT2D eigenvalue weighted by atomic mass is 16.2. The molecule has 2 aromatic rings. The van der Waals surface area contributed by atoms with Gasteiger partial charge in [0.05, 0.1) is 6.21 Å². The summed E-state index contributed by atoms with van der Waals surface area (Å²) in [7, 11) is 0. The van der Waals surface area contributed by atoms with Crippen LogP contribution in [0.5, 0.6) is 0 Å². The molecule has 4 nitrogen and oxygen atoms in total. The second-order valence-corrected chi connectivity index (χ2v) is 3.73. The first-order valence-electron chi connectivity index (χ1n) is 5.50. The van der Waals surface area contributed by atoms with Gasteiger partial charge in [-0.1, -0.05) is 30.3 Å². The van der Waals surface area contributed by atoms with Gasteiger partial charge in [-0.3, -0.25) is 4.79 Å². The zero-order chi connectivity index (χ0) is 12.8. The number of nitrogens with two attached hydrogens (primary N) is 1. The minimum Gasteiger partial charge on any atom is -0.399 e. The van der Waals surface area contributed by atoms with E-state index in [1.165, 1.54) is 0 Å². The molecule has 0 spiro atoms. The second-order valence-electron chi connectivity index (χ2n) is 3.73. The fourth-order valence-corrected chi connectivity index (χ4v) is 1.40. The predicted molar refractivity (Wildman–Crippen MR) is 72.4 cm³/mol. The highest BCUT2D eigenvalue weighted by Gasteiger charge is 2.02. The lowest BCUT2D eigenvalue weighted by Crippen LogP contribution is -2.17. The van der Waals surface area contributed by atoms with Crippen molar-refractivity contribution in [3.63, 3.8) is 0 Å². The third-order valence-corrected chi connectivity index (χ3v) is 2.35. The zero-order valence-electron chi connectivity index (χ0n) is 9.71. The molecule has 0 fully saturated rings. The van der Waals surface area contributed by atoms with E-state index in [1.54, 1.807) is 30.5 Å². The van der Waals surface area contributed by atoms with Gasteiger partial charge >= 0.3 is 0 Å². The lowest BCUT2D eigenvalue weighted by atomic mass is 10.2. The molecule has 0 aliphatic carbocycles. The van der Waals surface area contributed by atoms with Crippen LogP contribution >= 0.6 is 0 Å². The maximum atomic E-state index is 11.7. The molecule has 0 radical (unpaired) electrons. The van der Waals surface area contributed by atoms with Crippen LogP contribution in [0.4, 0.5) is 5.69 Å². The molecule has 0 bridgehead atoms. The summed E-state index contributed by atoms with van der Waals surface area (Å²) >= 11 is 0. The molecule has 0 aliphatic heterocycles. The van der Waals surface area contributed by atoms with Crippen LogP contribution in [0, 0.1) is 0 Å². The topological polar surface area (TPSA) is 67.5 Å². The summed E-state index contributed by atoms with van der Waals surface area (Å²) in [6, 6.07) is 16.2. The SMILES string of the molecule is Nc1ccc(C(=O)N/N=C\c2ccccc2)cc1. The summed E-state index contributed by atoms with van der Waals surface area (Å²) in [6.45, 7) is 0. The number of nitrogen functional groups attached to an aromatic ring is 1. The van der Waals surface area contributed by atoms with Crippen LogP contribution in [-0.4, -0.2) is 12.1 Å². The standard InChI is InChI=1S/C14H13N3O/c15-13-8-6-12(7-9-13)14(18)17-16-10-11-4-2-1-3-5-11/h1-10H,15H2,(H,17,18)/b16-10-. The summed E-state index contributed by atoms with van der Waals surface area (Å²) in [5.74, 6) is -0.262. The number of nitrogens with zero attached hydrogens (tertiary/aromatic N) is 1. The summed E-state index contributed by atoms with van der Waals surface area (Å²) in [4.78, 5) is 11.7. The highest BCUT2D eigenvalue weighted by Crippen LogP contribution is 2.04. The van der Waals surface area contributed by atoms with E-state index in [0.717, 1.165) is 5.56 Å². The molecule has 0 atom stereocenters. The molecule has 90 valence electrons. The number of rotatable bonds is 3. The lowest BCUT2D eigenvalue weighted by molar-refractivity contribution is 0.0955. The molecule has 3 N–H and O–H groups in total. The van der Waals surface area contributed by atoms with Gasteiger partial charge in [0.25, 0.3) is 5.91 Å². The maximum Gasteiger partial charge on any atom is 0.271 e. The Morgan fingerprint density at radius 2 is 1.72 bits per heavy atom. The van der Waals surface area contributed by atoms with Crippen molar-refractivity contribution in [1.82, 2.24) is 5.43 Å². The quantitative estimate of drug-likeness (QED) is 0.489. The average molecular weight is 239 g/mol. The van der Waals surface area contributed by atoms with Gasteiger partial charge in [0, 0.05) is 11.3 Å². The van der Waals surface area contributed by atoms with Crippen LogP contribution < -0.4 is 11.2 Å². The van der Waals surface area contributed by atoms with Crippen LogP contribution in [0.25, 0.3) is 0 Å². The molecule has 0 saturated heterocycles. The molecule has 2 rings (SSSR count). The molecule has 0 heterocycles. The van der Waals surface area contributed by atoms with Crippen LogP contribution in [0.3, 0.4) is 0 Å². The Morgan fingerprint density at radius 1 is 1.06 bits per heavy atom. The first-order valence-corrected chi connectivity index (χ1v) is 5.50. The molecule has 0 aliphatic rings. The predicted octanol–water partition coefficient (Wildman–Crippen LogP) is 2.03. The Kier molecular flexibility index (Phi) is 3.71. The number of carbonyl (C=O) groups is 1. The van der Waals surface area contributed by atoms with E-state index < -0.39 is 0 Å². The lowest BCUT2D eigenvalue weighted by Gasteiger charge is -2.00. The van der Waals surface area contributed by atoms with E-state index >= 15 is 0 Å². The number of hydrazone groups is 1. The highest BCUT2D eigenvalue weighted by molar-refractivity contribution is 5.95. The van der Waals surface area contributed by atoms with Gasteiger partial charge in [-0.2, -0.15) is 5.10 Å². The maximum absolute atomic E-state index is 11.7. The largest absolute Gasteiger partial charge is 0.399 e. The fraction of sp³-hybridized carbons (Fsp3) is 0. The van der Waals surface area contributed by atoms with Gasteiger partial charge in [-0.15, -0.1) is 0 Å². The van der Waals surface area contributed by atoms with E-state index in [0.29, 0.717) is 11.3 Å². The molecule has 0 unspecified atom stereocenters. The van der Waals surface area contributed by atoms with Crippen molar-refractivity contribution in [1.29, 1.82) is 0 Å². The number of amides is 1. The Bertz CT molecular complexity index is 547. The Hall–Kier alpha value is -2.62. The number of nitrogens with one attached hydrogen (secondary N) is 1. The van der Waals surface area contributed by atoms with Gasteiger partial charge in [0.2, 0.25) is 0 Å². The van der Waals surface area contributed by atoms with Crippen molar-refractivity contribution in [2.75, 3.05) is 5.73 Å². The van der Waals surface area contributed by atoms with E-state index in [1.807, 2.05) is 30.3 Å². The van der Waals surface area contributed by atoms with Crippen LogP contribution in [0.1, 0.15) is 15.9 Å². The van der Waals surface area contributed by atoms with Gasteiger partial charge in [0.15, 0.2) is 0 Å². The van der Waals surface area contributed by atoms with Crippen molar-refractivity contribution < 1.29 is 4.79 Å². The third kappa shape index (κ3) is 3.18. The van der Waals surface area contributed by atoms with Crippen molar-refractivity contribution in [3.8, 4) is 0 Å². The normalized spacial score (nSPS) is 10.4. The van der Waals surface area contributed by atoms with E-state index in [2.05, 4.69) is 10.5 Å². The van der Waals surface area contributed by atoms with Crippen LogP contribution in [0.2, 0.25) is 0 Å².